The molecule has 15 heavy (non-hydrogen) atoms. The highest BCUT2D eigenvalue weighted by Gasteiger charge is 2.25. The van der Waals surface area contributed by atoms with Crippen LogP contribution in [-0.2, 0) is 4.43 Å². The molecule has 1 rings (SSSR count). The second-order valence-electron chi connectivity index (χ2n) is 5.08. The van der Waals surface area contributed by atoms with E-state index in [0.29, 0.717) is 5.92 Å². The molecule has 2 heteroatoms. The van der Waals surface area contributed by atoms with Crippen molar-refractivity contribution in [2.45, 2.75) is 33.9 Å². The lowest BCUT2D eigenvalue weighted by molar-refractivity contribution is 0.268. The highest BCUT2D eigenvalue weighted by atomic mass is 28.4. The van der Waals surface area contributed by atoms with Gasteiger partial charge in [-0.05, 0) is 31.1 Å². The minimum Gasteiger partial charge on any atom is -0.413 e. The molecule has 0 aliphatic carbocycles. The maximum absolute atomic E-state index is 6.06. The van der Waals surface area contributed by atoms with Crippen molar-refractivity contribution in [2.24, 2.45) is 5.92 Å². The van der Waals surface area contributed by atoms with Gasteiger partial charge in [-0.3, -0.25) is 0 Å². The van der Waals surface area contributed by atoms with E-state index in [1.807, 2.05) is 0 Å². The lowest BCUT2D eigenvalue weighted by Crippen LogP contribution is -2.45. The second kappa shape index (κ2) is 4.95. The van der Waals surface area contributed by atoms with Gasteiger partial charge in [0.05, 0.1) is 0 Å². The zero-order valence-electron chi connectivity index (χ0n) is 10.5. The van der Waals surface area contributed by atoms with Gasteiger partial charge in [-0.15, -0.1) is 0 Å². The minimum absolute atomic E-state index is 0.613. The summed E-state index contributed by atoms with van der Waals surface area (Å²) >= 11 is 0. The lowest BCUT2D eigenvalue weighted by Gasteiger charge is -2.24. The molecular formula is C13H22OSi. The van der Waals surface area contributed by atoms with E-state index in [1.54, 1.807) is 0 Å². The van der Waals surface area contributed by atoms with E-state index < -0.39 is 8.32 Å². The molecule has 0 saturated carbocycles. The van der Waals surface area contributed by atoms with Crippen molar-refractivity contribution in [3.63, 3.8) is 0 Å². The molecule has 0 aliphatic heterocycles. The molecule has 0 radical (unpaired) electrons. The quantitative estimate of drug-likeness (QED) is 0.711. The Bertz CT molecular complexity index is 301. The van der Waals surface area contributed by atoms with Gasteiger partial charge in [-0.2, -0.15) is 0 Å². The van der Waals surface area contributed by atoms with Gasteiger partial charge in [-0.25, -0.2) is 0 Å². The maximum Gasteiger partial charge on any atom is 0.218 e. The number of hydrogen-bond donors (Lipinski definition) is 0. The molecule has 0 amide bonds. The Hall–Kier alpha value is -0.603. The molecule has 0 bridgehead atoms. The number of rotatable bonds is 4. The first-order valence-corrected chi connectivity index (χ1v) is 8.54. The molecule has 0 atom stereocenters. The zero-order chi connectivity index (χ0) is 11.5. The summed E-state index contributed by atoms with van der Waals surface area (Å²) in [5, 5.41) is 1.38. The molecule has 0 spiro atoms. The van der Waals surface area contributed by atoms with Crippen molar-refractivity contribution < 1.29 is 4.43 Å². The van der Waals surface area contributed by atoms with E-state index in [0.717, 1.165) is 6.61 Å². The van der Waals surface area contributed by atoms with E-state index >= 15 is 0 Å². The molecular weight excluding hydrogens is 200 g/mol. The lowest BCUT2D eigenvalue weighted by atomic mass is 10.2. The van der Waals surface area contributed by atoms with Gasteiger partial charge in [0.2, 0.25) is 8.32 Å². The predicted octanol–water partition coefficient (Wildman–Crippen LogP) is 3.08. The van der Waals surface area contributed by atoms with Gasteiger partial charge >= 0.3 is 0 Å². The Kier molecular flexibility index (Phi) is 4.11. The Morgan fingerprint density at radius 2 is 1.67 bits per heavy atom. The van der Waals surface area contributed by atoms with Crippen LogP contribution in [0.2, 0.25) is 13.1 Å². The summed E-state index contributed by atoms with van der Waals surface area (Å²) in [7, 11) is -1.67. The Labute approximate surface area is 94.6 Å². The van der Waals surface area contributed by atoms with Crippen molar-refractivity contribution in [1.82, 2.24) is 0 Å². The monoisotopic (exact) mass is 222 g/mol. The average molecular weight is 222 g/mol. The fraction of sp³-hybridized carbons (Fsp3) is 0.538. The van der Waals surface area contributed by atoms with Crippen molar-refractivity contribution in [3.05, 3.63) is 29.8 Å². The van der Waals surface area contributed by atoms with Crippen molar-refractivity contribution >= 4 is 13.5 Å². The summed E-state index contributed by atoms with van der Waals surface area (Å²) in [6.45, 7) is 11.9. The summed E-state index contributed by atoms with van der Waals surface area (Å²) in [6, 6.07) is 8.76. The predicted molar refractivity (Wildman–Crippen MR) is 69.1 cm³/mol. The number of hydrogen-bond acceptors (Lipinski definition) is 1. The van der Waals surface area contributed by atoms with Crippen LogP contribution in [0.4, 0.5) is 0 Å². The summed E-state index contributed by atoms with van der Waals surface area (Å²) in [4.78, 5) is 0. The van der Waals surface area contributed by atoms with Crippen LogP contribution in [-0.4, -0.2) is 14.9 Å². The smallest absolute Gasteiger partial charge is 0.218 e. The van der Waals surface area contributed by atoms with E-state index in [2.05, 4.69) is 58.1 Å². The highest BCUT2D eigenvalue weighted by molar-refractivity contribution is 6.84. The van der Waals surface area contributed by atoms with Crippen LogP contribution in [0.1, 0.15) is 19.4 Å². The third kappa shape index (κ3) is 3.80. The summed E-state index contributed by atoms with van der Waals surface area (Å²) in [5.41, 5.74) is 1.31. The van der Waals surface area contributed by atoms with Gasteiger partial charge in [0, 0.05) is 6.61 Å². The molecule has 1 nitrogen and oxygen atoms in total. The van der Waals surface area contributed by atoms with Crippen LogP contribution in [0.25, 0.3) is 0 Å². The third-order valence-corrected chi connectivity index (χ3v) is 5.14. The standard InChI is InChI=1S/C13H22OSi/c1-11(2)10-14-15(4,5)13-8-6-12(3)7-9-13/h6-9,11H,10H2,1-5H3. The first kappa shape index (κ1) is 12.5. The average Bonchev–Trinajstić information content (AvgIpc) is 2.16. The molecule has 0 unspecified atom stereocenters. The first-order valence-electron chi connectivity index (χ1n) is 5.63. The maximum atomic E-state index is 6.06. The molecule has 0 aromatic heterocycles. The summed E-state index contributed by atoms with van der Waals surface area (Å²) in [6.07, 6.45) is 0. The fourth-order valence-corrected chi connectivity index (χ4v) is 3.30. The van der Waals surface area contributed by atoms with Crippen LogP contribution in [0, 0.1) is 12.8 Å². The molecule has 0 fully saturated rings. The number of aryl methyl sites for hydroxylation is 1. The van der Waals surface area contributed by atoms with Crippen LogP contribution in [0.5, 0.6) is 0 Å². The van der Waals surface area contributed by atoms with E-state index in [-0.39, 0.29) is 0 Å². The normalized spacial score (nSPS) is 12.1. The van der Waals surface area contributed by atoms with Crippen LogP contribution in [0.3, 0.4) is 0 Å². The van der Waals surface area contributed by atoms with Crippen LogP contribution >= 0.6 is 0 Å². The molecule has 0 N–H and O–H groups in total. The minimum atomic E-state index is -1.67. The van der Waals surface area contributed by atoms with Crippen molar-refractivity contribution in [1.29, 1.82) is 0 Å². The van der Waals surface area contributed by atoms with E-state index in [1.165, 1.54) is 10.8 Å². The highest BCUT2D eigenvalue weighted by Crippen LogP contribution is 2.08. The molecule has 84 valence electrons. The molecule has 0 saturated heterocycles. The Morgan fingerprint density at radius 3 is 2.13 bits per heavy atom. The van der Waals surface area contributed by atoms with E-state index in [4.69, 9.17) is 4.43 Å². The van der Waals surface area contributed by atoms with Gasteiger partial charge in [0.15, 0.2) is 0 Å². The SMILES string of the molecule is Cc1ccc([Si](C)(C)OCC(C)C)cc1. The van der Waals surface area contributed by atoms with Gasteiger partial charge in [0.25, 0.3) is 0 Å². The second-order valence-corrected chi connectivity index (χ2v) is 8.97. The van der Waals surface area contributed by atoms with Crippen molar-refractivity contribution in [3.8, 4) is 0 Å². The van der Waals surface area contributed by atoms with Crippen LogP contribution < -0.4 is 5.19 Å². The summed E-state index contributed by atoms with van der Waals surface area (Å²) < 4.78 is 6.06. The molecule has 1 aromatic carbocycles. The van der Waals surface area contributed by atoms with Crippen molar-refractivity contribution in [2.75, 3.05) is 6.61 Å². The van der Waals surface area contributed by atoms with Gasteiger partial charge in [-0.1, -0.05) is 43.7 Å². The number of benzene rings is 1. The fourth-order valence-electron chi connectivity index (χ4n) is 1.41. The van der Waals surface area contributed by atoms with E-state index in [9.17, 15) is 0 Å². The molecule has 0 aliphatic rings. The largest absolute Gasteiger partial charge is 0.413 e. The molecule has 1 aromatic rings. The third-order valence-electron chi connectivity index (χ3n) is 2.52. The topological polar surface area (TPSA) is 9.23 Å². The molecule has 0 heterocycles. The van der Waals surface area contributed by atoms with Gasteiger partial charge < -0.3 is 4.43 Å². The first-order chi connectivity index (χ1) is 6.92. The Morgan fingerprint density at radius 1 is 1.13 bits per heavy atom. The Balaban J connectivity index is 2.72. The van der Waals surface area contributed by atoms with Crippen LogP contribution in [0.15, 0.2) is 24.3 Å². The summed E-state index contributed by atoms with van der Waals surface area (Å²) in [5.74, 6) is 0.613. The van der Waals surface area contributed by atoms with Gasteiger partial charge in [0.1, 0.15) is 0 Å². The zero-order valence-corrected chi connectivity index (χ0v) is 11.5.